The molecule has 0 saturated heterocycles. The third kappa shape index (κ3) is 5.84. The van der Waals surface area contributed by atoms with E-state index in [4.69, 9.17) is 0 Å². The van der Waals surface area contributed by atoms with Crippen LogP contribution in [-0.4, -0.2) is 16.9 Å². The Morgan fingerprint density at radius 1 is 0.413 bits per heavy atom. The van der Waals surface area contributed by atoms with Gasteiger partial charge in [-0.15, -0.1) is 0 Å². The highest BCUT2D eigenvalue weighted by Gasteiger charge is 2.28. The summed E-state index contributed by atoms with van der Waals surface area (Å²) < 4.78 is 5.12. The van der Waals surface area contributed by atoms with Crippen molar-refractivity contribution in [2.75, 3.05) is 4.90 Å². The van der Waals surface area contributed by atoms with Gasteiger partial charge in [0, 0.05) is 60.2 Å². The van der Waals surface area contributed by atoms with Gasteiger partial charge in [0.2, 0.25) is 0 Å². The van der Waals surface area contributed by atoms with E-state index in [0.717, 1.165) is 17.1 Å². The van der Waals surface area contributed by atoms with E-state index in [2.05, 4.69) is 211 Å². The fraction of sp³-hybridized carbons (Fsp3) is 0.259. The molecule has 4 heterocycles. The molecule has 0 N–H and O–H groups in total. The number of aromatic nitrogens is 2. The summed E-state index contributed by atoms with van der Waals surface area (Å²) in [5.74, 6) is 0. The van der Waals surface area contributed by atoms with Gasteiger partial charge in [0.25, 0.3) is 0 Å². The normalized spacial score (nSPS) is 13.4. The molecule has 0 fully saturated rings. The first-order chi connectivity index (χ1) is 29.7. The van der Waals surface area contributed by atoms with E-state index in [1.54, 1.807) is 0 Å². The molecule has 4 aromatic heterocycles. The number of anilines is 3. The highest BCUT2D eigenvalue weighted by molar-refractivity contribution is 6.88. The summed E-state index contributed by atoms with van der Waals surface area (Å²) >= 11 is 0. The lowest BCUT2D eigenvalue weighted by molar-refractivity contribution is 0.590. The van der Waals surface area contributed by atoms with Crippen LogP contribution in [0.25, 0.3) is 76.2 Å². The molecule has 5 heteroatoms. The van der Waals surface area contributed by atoms with E-state index < -0.39 is 8.07 Å². The molecular formula is C58H56N4Si. The first-order valence-corrected chi connectivity index (χ1v) is 26.1. The molecule has 4 nitrogen and oxygen atoms in total. The van der Waals surface area contributed by atoms with E-state index in [1.807, 2.05) is 12.1 Å². The van der Waals surface area contributed by atoms with Gasteiger partial charge in [-0.3, -0.25) is 0 Å². The largest absolute Gasteiger partial charge is 0.310 e. The number of fused-ring (bicyclic) bond motifs is 12. The molecule has 0 bridgehead atoms. The molecule has 0 aliphatic carbocycles. The third-order valence-electron chi connectivity index (χ3n) is 14.0. The Hall–Kier alpha value is -6.35. The lowest BCUT2D eigenvalue weighted by atomic mass is 9.84. The molecule has 0 amide bonds. The van der Waals surface area contributed by atoms with Crippen molar-refractivity contribution >= 4 is 107 Å². The zero-order valence-corrected chi connectivity index (χ0v) is 39.8. The molecule has 7 aromatic carbocycles. The molecule has 11 rings (SSSR count). The second kappa shape index (κ2) is 12.9. The van der Waals surface area contributed by atoms with Crippen molar-refractivity contribution < 1.29 is 0 Å². The average Bonchev–Trinajstić information content (AvgIpc) is 3.94. The molecule has 312 valence electrons. The Kier molecular flexibility index (Phi) is 8.07. The minimum atomic E-state index is -1.51. The second-order valence-corrected chi connectivity index (χ2v) is 27.4. The third-order valence-corrected chi connectivity index (χ3v) is 16.1. The molecule has 0 spiro atoms. The quantitative estimate of drug-likeness (QED) is 0.166. The predicted octanol–water partition coefficient (Wildman–Crippen LogP) is 15.8. The van der Waals surface area contributed by atoms with Gasteiger partial charge in [0.1, 0.15) is 0 Å². The van der Waals surface area contributed by atoms with E-state index in [9.17, 15) is 5.26 Å². The summed E-state index contributed by atoms with van der Waals surface area (Å²) in [5, 5.41) is 21.5. The zero-order valence-electron chi connectivity index (χ0n) is 38.8. The summed E-state index contributed by atoms with van der Waals surface area (Å²) in [5.41, 5.74) is 15.4. The first-order valence-electron chi connectivity index (χ1n) is 22.6. The van der Waals surface area contributed by atoms with Gasteiger partial charge in [-0.25, -0.2) is 0 Å². The smallest absolute Gasteiger partial charge is 0.0991 e. The van der Waals surface area contributed by atoms with Gasteiger partial charge < -0.3 is 13.7 Å². The van der Waals surface area contributed by atoms with Gasteiger partial charge in [0.05, 0.1) is 52.8 Å². The molecule has 0 radical (unpaired) electrons. The molecule has 0 unspecified atom stereocenters. The van der Waals surface area contributed by atoms with Crippen molar-refractivity contribution in [2.45, 2.75) is 98.2 Å². The van der Waals surface area contributed by atoms with Gasteiger partial charge in [-0.05, 0) is 130 Å². The Balaban J connectivity index is 1.25. The maximum Gasteiger partial charge on any atom is 0.0991 e. The summed E-state index contributed by atoms with van der Waals surface area (Å²) in [6, 6.07) is 48.5. The maximum absolute atomic E-state index is 9.72. The molecule has 0 aliphatic rings. The Morgan fingerprint density at radius 3 is 1.30 bits per heavy atom. The Morgan fingerprint density at radius 2 is 0.825 bits per heavy atom. The minimum Gasteiger partial charge on any atom is -0.310 e. The predicted molar refractivity (Wildman–Crippen MR) is 274 cm³/mol. The molecule has 11 aromatic rings. The van der Waals surface area contributed by atoms with E-state index in [-0.39, 0.29) is 16.2 Å². The lowest BCUT2D eigenvalue weighted by Gasteiger charge is -2.27. The van der Waals surface area contributed by atoms with Crippen molar-refractivity contribution in [1.82, 2.24) is 8.80 Å². The SMILES string of the molecule is CC(C)(C)c1ccc2c(c1)c1cc(C(C)(C)C)cc3c4cc5c(cc4n2c13)c1cc(C(C)(C)C)cc2c3ccc(N(c4ccc(C#N)cc4)c4ccc([Si](C)(C)C)cc4)cc3n5c21. The zero-order chi connectivity index (χ0) is 44.3. The molecule has 0 saturated carbocycles. The van der Waals surface area contributed by atoms with Gasteiger partial charge >= 0.3 is 0 Å². The molecule has 0 atom stereocenters. The van der Waals surface area contributed by atoms with Crippen molar-refractivity contribution in [3.8, 4) is 6.07 Å². The van der Waals surface area contributed by atoms with Crippen molar-refractivity contribution in [2.24, 2.45) is 0 Å². The van der Waals surface area contributed by atoms with E-state index in [0.29, 0.717) is 5.56 Å². The standard InChI is InChI=1S/C58H56N4Si/c1-56(2,3)35-15-24-50-43(25-35)47-27-37(58(7,8)9)29-49-44-32-53-45(31-52(44)61(50)55(47)49)48-28-36(57(4,5)6)26-46-42-23-20-40(30-51(42)62(53)54(46)48)60(38-16-13-34(33-59)14-17-38)39-18-21-41(22-19-39)63(10,11)12/h13-32H,1-12H3. The highest BCUT2D eigenvalue weighted by atomic mass is 28.3. The van der Waals surface area contributed by atoms with Gasteiger partial charge in [-0.1, -0.05) is 111 Å². The van der Waals surface area contributed by atoms with Gasteiger partial charge in [-0.2, -0.15) is 5.26 Å². The van der Waals surface area contributed by atoms with Crippen LogP contribution in [0.3, 0.4) is 0 Å². The van der Waals surface area contributed by atoms with Crippen molar-refractivity contribution in [1.29, 1.82) is 5.26 Å². The first kappa shape index (κ1) is 39.5. The summed E-state index contributed by atoms with van der Waals surface area (Å²) in [6.07, 6.45) is 0. The van der Waals surface area contributed by atoms with Crippen LogP contribution in [0.15, 0.2) is 121 Å². The van der Waals surface area contributed by atoms with Crippen LogP contribution < -0.4 is 10.1 Å². The van der Waals surface area contributed by atoms with Crippen molar-refractivity contribution in [3.63, 3.8) is 0 Å². The topological polar surface area (TPSA) is 35.8 Å². The van der Waals surface area contributed by atoms with Crippen LogP contribution >= 0.6 is 0 Å². The van der Waals surface area contributed by atoms with E-state index >= 15 is 0 Å². The molecule has 0 aliphatic heterocycles. The minimum absolute atomic E-state index is 0.0190. The fourth-order valence-electron chi connectivity index (χ4n) is 10.3. The number of benzene rings is 7. The summed E-state index contributed by atoms with van der Waals surface area (Å²) in [4.78, 5) is 2.35. The number of nitrogens with zero attached hydrogens (tertiary/aromatic N) is 4. The maximum atomic E-state index is 9.72. The molecular weight excluding hydrogens is 781 g/mol. The Labute approximate surface area is 371 Å². The van der Waals surface area contributed by atoms with E-state index in [1.165, 1.54) is 98.1 Å². The number of rotatable bonds is 4. The summed E-state index contributed by atoms with van der Waals surface area (Å²) in [7, 11) is -1.51. The van der Waals surface area contributed by atoms with Crippen molar-refractivity contribution in [3.05, 3.63) is 144 Å². The fourth-order valence-corrected chi connectivity index (χ4v) is 11.5. The monoisotopic (exact) mass is 836 g/mol. The van der Waals surface area contributed by atoms with Crippen LogP contribution in [0.5, 0.6) is 0 Å². The highest BCUT2D eigenvalue weighted by Crippen LogP contribution is 2.48. The lowest BCUT2D eigenvalue weighted by Crippen LogP contribution is -2.37. The average molecular weight is 837 g/mol. The van der Waals surface area contributed by atoms with Crippen LogP contribution in [0.4, 0.5) is 17.1 Å². The molecule has 63 heavy (non-hydrogen) atoms. The summed E-state index contributed by atoms with van der Waals surface area (Å²) in [6.45, 7) is 28.1. The van der Waals surface area contributed by atoms with Gasteiger partial charge in [0.15, 0.2) is 0 Å². The number of hydrogen-bond donors (Lipinski definition) is 0. The van der Waals surface area contributed by atoms with Crippen LogP contribution in [0.1, 0.15) is 84.6 Å². The van der Waals surface area contributed by atoms with Crippen LogP contribution in [0, 0.1) is 11.3 Å². The number of hydrogen-bond acceptors (Lipinski definition) is 2. The number of nitriles is 1. The van der Waals surface area contributed by atoms with Crippen LogP contribution in [-0.2, 0) is 16.2 Å². The Bertz CT molecular complexity index is 3700. The van der Waals surface area contributed by atoms with Crippen LogP contribution in [0.2, 0.25) is 19.6 Å². The second-order valence-electron chi connectivity index (χ2n) is 22.4.